The monoisotopic (exact) mass is 338 g/mol. The molecule has 0 aliphatic carbocycles. The third-order valence-electron chi connectivity index (χ3n) is 2.48. The minimum atomic E-state index is -0.587. The van der Waals surface area contributed by atoms with Gasteiger partial charge in [0, 0.05) is 0 Å². The average molecular weight is 339 g/mol. The van der Waals surface area contributed by atoms with Gasteiger partial charge in [-0.05, 0) is 45.8 Å². The quantitative estimate of drug-likeness (QED) is 0.633. The van der Waals surface area contributed by atoms with E-state index < -0.39 is 5.97 Å². The van der Waals surface area contributed by atoms with Gasteiger partial charge in [-0.15, -0.1) is 0 Å². The zero-order valence-corrected chi connectivity index (χ0v) is 12.2. The van der Waals surface area contributed by atoms with E-state index in [1.165, 1.54) is 13.2 Å². The Balaban J connectivity index is 2.00. The minimum absolute atomic E-state index is 0.107. The summed E-state index contributed by atoms with van der Waals surface area (Å²) in [5.41, 5.74) is 0.775. The van der Waals surface area contributed by atoms with Gasteiger partial charge in [-0.1, -0.05) is 12.1 Å². The van der Waals surface area contributed by atoms with Crippen molar-refractivity contribution in [3.05, 3.63) is 52.4 Å². The van der Waals surface area contributed by atoms with E-state index in [9.17, 15) is 9.59 Å². The SMILES string of the molecule is COC(=O)Cc1ccc(OC(=O)c2ccc(Br)o2)cc1. The summed E-state index contributed by atoms with van der Waals surface area (Å²) in [6.07, 6.45) is 0.176. The van der Waals surface area contributed by atoms with Gasteiger partial charge < -0.3 is 13.9 Å². The molecule has 0 N–H and O–H groups in total. The number of halogens is 1. The Morgan fingerprint density at radius 1 is 1.15 bits per heavy atom. The highest BCUT2D eigenvalue weighted by Crippen LogP contribution is 2.18. The minimum Gasteiger partial charge on any atom is -0.469 e. The first-order valence-electron chi connectivity index (χ1n) is 5.72. The Bertz CT molecular complexity index is 615. The van der Waals surface area contributed by atoms with Gasteiger partial charge in [0.1, 0.15) is 5.75 Å². The maximum absolute atomic E-state index is 11.7. The summed E-state index contributed by atoms with van der Waals surface area (Å²) in [6.45, 7) is 0. The molecular weight excluding hydrogens is 328 g/mol. The van der Waals surface area contributed by atoms with E-state index in [0.29, 0.717) is 10.4 Å². The summed E-state index contributed by atoms with van der Waals surface area (Å²) in [7, 11) is 1.33. The number of carbonyl (C=O) groups excluding carboxylic acids is 2. The molecule has 6 heteroatoms. The first-order chi connectivity index (χ1) is 9.58. The number of benzene rings is 1. The molecule has 0 bridgehead atoms. The molecule has 0 atom stereocenters. The first-order valence-corrected chi connectivity index (χ1v) is 6.51. The fourth-order valence-corrected chi connectivity index (χ4v) is 1.80. The molecule has 104 valence electrons. The number of esters is 2. The van der Waals surface area contributed by atoms with E-state index in [0.717, 1.165) is 5.56 Å². The van der Waals surface area contributed by atoms with E-state index in [4.69, 9.17) is 9.15 Å². The molecular formula is C14H11BrO5. The maximum Gasteiger partial charge on any atom is 0.379 e. The summed E-state index contributed by atoms with van der Waals surface area (Å²) < 4.78 is 15.2. The van der Waals surface area contributed by atoms with Gasteiger partial charge in [0.15, 0.2) is 4.67 Å². The third kappa shape index (κ3) is 3.71. The number of hydrogen-bond acceptors (Lipinski definition) is 5. The lowest BCUT2D eigenvalue weighted by molar-refractivity contribution is -0.139. The lowest BCUT2D eigenvalue weighted by Gasteiger charge is -2.04. The number of hydrogen-bond donors (Lipinski definition) is 0. The summed E-state index contributed by atoms with van der Waals surface area (Å²) in [4.78, 5) is 22.8. The van der Waals surface area contributed by atoms with Crippen molar-refractivity contribution in [1.82, 2.24) is 0 Å². The highest BCUT2D eigenvalue weighted by molar-refractivity contribution is 9.10. The molecule has 0 saturated heterocycles. The van der Waals surface area contributed by atoms with Crippen LogP contribution in [0.15, 0.2) is 45.5 Å². The van der Waals surface area contributed by atoms with Crippen LogP contribution in [0.1, 0.15) is 16.1 Å². The summed E-state index contributed by atoms with van der Waals surface area (Å²) in [5.74, 6) is -0.432. The van der Waals surface area contributed by atoms with Gasteiger partial charge in [0.2, 0.25) is 5.76 Å². The van der Waals surface area contributed by atoms with Crippen molar-refractivity contribution in [3.63, 3.8) is 0 Å². The maximum atomic E-state index is 11.7. The molecule has 0 aliphatic rings. The van der Waals surface area contributed by atoms with Gasteiger partial charge in [-0.25, -0.2) is 4.79 Å². The molecule has 0 fully saturated rings. The standard InChI is InChI=1S/C14H11BrO5/c1-18-13(16)8-9-2-4-10(5-3-9)19-14(17)11-6-7-12(15)20-11/h2-7H,8H2,1H3. The fraction of sp³-hybridized carbons (Fsp3) is 0.143. The molecule has 0 radical (unpaired) electrons. The Kier molecular flexibility index (Phi) is 4.57. The number of furan rings is 1. The fourth-order valence-electron chi connectivity index (χ4n) is 1.50. The van der Waals surface area contributed by atoms with Gasteiger partial charge in [-0.2, -0.15) is 0 Å². The van der Waals surface area contributed by atoms with Crippen LogP contribution in [0.25, 0.3) is 0 Å². The highest BCUT2D eigenvalue weighted by Gasteiger charge is 2.13. The van der Waals surface area contributed by atoms with Crippen molar-refractivity contribution >= 4 is 27.9 Å². The van der Waals surface area contributed by atoms with E-state index in [1.54, 1.807) is 30.3 Å². The normalized spacial score (nSPS) is 10.1. The topological polar surface area (TPSA) is 65.7 Å². The lowest BCUT2D eigenvalue weighted by atomic mass is 10.1. The van der Waals surface area contributed by atoms with Crippen LogP contribution >= 0.6 is 15.9 Å². The van der Waals surface area contributed by atoms with Crippen LogP contribution in [0.3, 0.4) is 0 Å². The molecule has 0 spiro atoms. The van der Waals surface area contributed by atoms with Gasteiger partial charge in [-0.3, -0.25) is 4.79 Å². The summed E-state index contributed by atoms with van der Waals surface area (Å²) in [5, 5.41) is 0. The third-order valence-corrected chi connectivity index (χ3v) is 2.91. The predicted molar refractivity (Wildman–Crippen MR) is 73.5 cm³/mol. The van der Waals surface area contributed by atoms with Crippen LogP contribution in [0.5, 0.6) is 5.75 Å². The van der Waals surface area contributed by atoms with Crippen molar-refractivity contribution in [1.29, 1.82) is 0 Å². The Hall–Kier alpha value is -2.08. The van der Waals surface area contributed by atoms with Gasteiger partial charge >= 0.3 is 11.9 Å². The molecule has 2 aromatic rings. The smallest absolute Gasteiger partial charge is 0.379 e. The van der Waals surface area contributed by atoms with Crippen LogP contribution in [0.4, 0.5) is 0 Å². The van der Waals surface area contributed by atoms with Crippen molar-refractivity contribution in [2.24, 2.45) is 0 Å². The zero-order valence-electron chi connectivity index (χ0n) is 10.6. The van der Waals surface area contributed by atoms with Crippen LogP contribution in [0, 0.1) is 0 Å². The number of ether oxygens (including phenoxy) is 2. The Labute approximate surface area is 123 Å². The van der Waals surface area contributed by atoms with Crippen molar-refractivity contribution in [2.75, 3.05) is 7.11 Å². The molecule has 5 nitrogen and oxygen atoms in total. The molecule has 1 aromatic heterocycles. The molecule has 20 heavy (non-hydrogen) atoms. The summed E-state index contributed by atoms with van der Waals surface area (Å²) >= 11 is 3.11. The zero-order chi connectivity index (χ0) is 14.5. The van der Waals surface area contributed by atoms with Crippen LogP contribution in [0.2, 0.25) is 0 Å². The second-order valence-corrected chi connectivity index (χ2v) is 4.67. The second-order valence-electron chi connectivity index (χ2n) is 3.89. The predicted octanol–water partition coefficient (Wildman–Crippen LogP) is 2.98. The van der Waals surface area contributed by atoms with Crippen molar-refractivity contribution in [3.8, 4) is 5.75 Å². The molecule has 0 amide bonds. The van der Waals surface area contributed by atoms with Crippen LogP contribution in [-0.2, 0) is 16.0 Å². The van der Waals surface area contributed by atoms with E-state index >= 15 is 0 Å². The largest absolute Gasteiger partial charge is 0.469 e. The lowest BCUT2D eigenvalue weighted by Crippen LogP contribution is -2.07. The molecule has 1 aromatic carbocycles. The van der Waals surface area contributed by atoms with Crippen molar-refractivity contribution < 1.29 is 23.5 Å². The number of carbonyl (C=O) groups is 2. The Morgan fingerprint density at radius 3 is 2.40 bits per heavy atom. The van der Waals surface area contributed by atoms with Crippen LogP contribution in [-0.4, -0.2) is 19.0 Å². The molecule has 0 unspecified atom stereocenters. The molecule has 0 aliphatic heterocycles. The number of rotatable bonds is 4. The van der Waals surface area contributed by atoms with E-state index in [-0.39, 0.29) is 18.2 Å². The van der Waals surface area contributed by atoms with E-state index in [2.05, 4.69) is 20.7 Å². The summed E-state index contributed by atoms with van der Waals surface area (Å²) in [6, 6.07) is 9.71. The van der Waals surface area contributed by atoms with Crippen molar-refractivity contribution in [2.45, 2.75) is 6.42 Å². The molecule has 1 heterocycles. The highest BCUT2D eigenvalue weighted by atomic mass is 79.9. The van der Waals surface area contributed by atoms with Gasteiger partial charge in [0.25, 0.3) is 0 Å². The second kappa shape index (κ2) is 6.38. The van der Waals surface area contributed by atoms with Crippen LogP contribution < -0.4 is 4.74 Å². The molecule has 2 rings (SSSR count). The Morgan fingerprint density at radius 2 is 1.85 bits per heavy atom. The first kappa shape index (κ1) is 14.3. The molecule has 0 saturated carbocycles. The van der Waals surface area contributed by atoms with Gasteiger partial charge in [0.05, 0.1) is 13.5 Å². The average Bonchev–Trinajstić information content (AvgIpc) is 2.87. The number of methoxy groups -OCH3 is 1. The van der Waals surface area contributed by atoms with E-state index in [1.807, 2.05) is 0 Å².